The molecule has 21 heavy (non-hydrogen) atoms. The number of rotatable bonds is 6. The van der Waals surface area contributed by atoms with Gasteiger partial charge in [0.15, 0.2) is 0 Å². The molecule has 3 nitrogen and oxygen atoms in total. The molecule has 124 valence electrons. The van der Waals surface area contributed by atoms with Crippen molar-refractivity contribution in [1.29, 1.82) is 0 Å². The van der Waals surface area contributed by atoms with E-state index in [0.29, 0.717) is 11.8 Å². The van der Waals surface area contributed by atoms with E-state index < -0.39 is 0 Å². The van der Waals surface area contributed by atoms with E-state index in [-0.39, 0.29) is 23.4 Å². The van der Waals surface area contributed by atoms with Crippen LogP contribution in [0.1, 0.15) is 73.6 Å². The summed E-state index contributed by atoms with van der Waals surface area (Å²) in [6.45, 7) is 14.0. The lowest BCUT2D eigenvalue weighted by atomic mass is 9.60. The smallest absolute Gasteiger partial charge is 0.226 e. The summed E-state index contributed by atoms with van der Waals surface area (Å²) in [5.74, 6) is 0.867. The maximum Gasteiger partial charge on any atom is 0.226 e. The van der Waals surface area contributed by atoms with Crippen LogP contribution in [-0.4, -0.2) is 29.4 Å². The number of hydrogen-bond donors (Lipinski definition) is 1. The van der Waals surface area contributed by atoms with Crippen molar-refractivity contribution in [3.8, 4) is 0 Å². The fourth-order valence-corrected chi connectivity index (χ4v) is 3.65. The first-order chi connectivity index (χ1) is 9.73. The SMILES string of the molecule is CCCCCN(C(=O)C1CCC(N)C(C)C1(C)C)C(C)C. The van der Waals surface area contributed by atoms with E-state index in [9.17, 15) is 4.79 Å². The predicted octanol–water partition coefficient (Wildman–Crippen LogP) is 3.81. The van der Waals surface area contributed by atoms with E-state index in [1.807, 2.05) is 0 Å². The Labute approximate surface area is 131 Å². The van der Waals surface area contributed by atoms with Crippen LogP contribution in [0.2, 0.25) is 0 Å². The summed E-state index contributed by atoms with van der Waals surface area (Å²) < 4.78 is 0. The highest BCUT2D eigenvalue weighted by Gasteiger charge is 2.46. The molecule has 0 saturated heterocycles. The van der Waals surface area contributed by atoms with Gasteiger partial charge in [-0.2, -0.15) is 0 Å². The molecule has 1 fully saturated rings. The molecule has 0 spiro atoms. The van der Waals surface area contributed by atoms with Crippen LogP contribution in [0.25, 0.3) is 0 Å². The standard InChI is InChI=1S/C18H36N2O/c1-7-8-9-12-20(13(2)3)17(21)15-10-11-16(19)14(4)18(15,5)6/h13-16H,7-12,19H2,1-6H3. The Bertz CT molecular complexity index is 338. The first-order valence-corrected chi connectivity index (χ1v) is 8.79. The van der Waals surface area contributed by atoms with Crippen LogP contribution in [0.5, 0.6) is 0 Å². The molecule has 1 aliphatic carbocycles. The van der Waals surface area contributed by atoms with Crippen LogP contribution < -0.4 is 5.73 Å². The number of nitrogens with two attached hydrogens (primary N) is 1. The van der Waals surface area contributed by atoms with Gasteiger partial charge in [0.25, 0.3) is 0 Å². The number of unbranched alkanes of at least 4 members (excludes halogenated alkanes) is 2. The van der Waals surface area contributed by atoms with Gasteiger partial charge in [0.1, 0.15) is 0 Å². The predicted molar refractivity (Wildman–Crippen MR) is 90.0 cm³/mol. The molecule has 1 aliphatic rings. The molecule has 3 unspecified atom stereocenters. The number of carbonyl (C=O) groups is 1. The van der Waals surface area contributed by atoms with Gasteiger partial charge in [-0.25, -0.2) is 0 Å². The fourth-order valence-electron chi connectivity index (χ4n) is 3.65. The van der Waals surface area contributed by atoms with Crippen molar-refractivity contribution >= 4 is 5.91 Å². The van der Waals surface area contributed by atoms with Crippen molar-refractivity contribution in [2.75, 3.05) is 6.54 Å². The number of amides is 1. The van der Waals surface area contributed by atoms with Gasteiger partial charge in [0.05, 0.1) is 0 Å². The Balaban J connectivity index is 2.82. The summed E-state index contributed by atoms with van der Waals surface area (Å²) >= 11 is 0. The second-order valence-electron chi connectivity index (χ2n) is 7.74. The first kappa shape index (κ1) is 18.5. The molecule has 0 aromatic rings. The summed E-state index contributed by atoms with van der Waals surface area (Å²) in [5.41, 5.74) is 6.22. The van der Waals surface area contributed by atoms with E-state index in [0.717, 1.165) is 25.8 Å². The minimum absolute atomic E-state index is 0.00730. The van der Waals surface area contributed by atoms with Crippen LogP contribution in [0.4, 0.5) is 0 Å². The second-order valence-corrected chi connectivity index (χ2v) is 7.74. The van der Waals surface area contributed by atoms with Gasteiger partial charge < -0.3 is 10.6 Å². The van der Waals surface area contributed by atoms with E-state index in [4.69, 9.17) is 5.73 Å². The molecule has 1 amide bonds. The number of hydrogen-bond acceptors (Lipinski definition) is 2. The van der Waals surface area contributed by atoms with Gasteiger partial charge >= 0.3 is 0 Å². The van der Waals surface area contributed by atoms with Crippen LogP contribution in [-0.2, 0) is 4.79 Å². The van der Waals surface area contributed by atoms with Crippen LogP contribution >= 0.6 is 0 Å². The van der Waals surface area contributed by atoms with Crippen LogP contribution in [0.3, 0.4) is 0 Å². The third kappa shape index (κ3) is 4.21. The van der Waals surface area contributed by atoms with E-state index in [1.165, 1.54) is 12.8 Å². The lowest BCUT2D eigenvalue weighted by Crippen LogP contribution is -2.53. The Kier molecular flexibility index (Phi) is 6.71. The lowest BCUT2D eigenvalue weighted by Gasteiger charge is -2.47. The maximum atomic E-state index is 13.1. The topological polar surface area (TPSA) is 46.3 Å². The molecular formula is C18H36N2O. The monoisotopic (exact) mass is 296 g/mol. The average Bonchev–Trinajstić information content (AvgIpc) is 2.40. The highest BCUT2D eigenvalue weighted by Crippen LogP contribution is 2.45. The molecule has 0 bridgehead atoms. The molecule has 0 heterocycles. The summed E-state index contributed by atoms with van der Waals surface area (Å²) in [6, 6.07) is 0.521. The van der Waals surface area contributed by atoms with Crippen LogP contribution in [0, 0.1) is 17.3 Å². The third-order valence-electron chi connectivity index (χ3n) is 5.71. The largest absolute Gasteiger partial charge is 0.340 e. The quantitative estimate of drug-likeness (QED) is 0.758. The molecule has 1 saturated carbocycles. The molecule has 0 aromatic carbocycles. The first-order valence-electron chi connectivity index (χ1n) is 8.79. The van der Waals surface area contributed by atoms with Gasteiger partial charge in [0, 0.05) is 24.5 Å². The van der Waals surface area contributed by atoms with Crippen molar-refractivity contribution in [1.82, 2.24) is 4.90 Å². The number of carbonyl (C=O) groups excluding carboxylic acids is 1. The summed E-state index contributed by atoms with van der Waals surface area (Å²) in [6.07, 6.45) is 5.42. The molecule has 0 radical (unpaired) electrons. The van der Waals surface area contributed by atoms with Crippen molar-refractivity contribution in [3.63, 3.8) is 0 Å². The maximum absolute atomic E-state index is 13.1. The van der Waals surface area contributed by atoms with Gasteiger partial charge in [-0.05, 0) is 44.4 Å². The molecule has 1 rings (SSSR count). The summed E-state index contributed by atoms with van der Waals surface area (Å²) in [4.78, 5) is 15.2. The number of nitrogens with zero attached hydrogens (tertiary/aromatic N) is 1. The highest BCUT2D eigenvalue weighted by atomic mass is 16.2. The molecular weight excluding hydrogens is 260 g/mol. The zero-order valence-corrected chi connectivity index (χ0v) is 15.0. The molecule has 0 aliphatic heterocycles. The Hall–Kier alpha value is -0.570. The normalized spacial score (nSPS) is 28.7. The van der Waals surface area contributed by atoms with Gasteiger partial charge in [-0.3, -0.25) is 4.79 Å². The van der Waals surface area contributed by atoms with E-state index >= 15 is 0 Å². The van der Waals surface area contributed by atoms with Crippen molar-refractivity contribution in [3.05, 3.63) is 0 Å². The summed E-state index contributed by atoms with van der Waals surface area (Å²) in [5, 5.41) is 0. The third-order valence-corrected chi connectivity index (χ3v) is 5.71. The zero-order chi connectivity index (χ0) is 16.2. The minimum atomic E-state index is -0.00730. The summed E-state index contributed by atoms with van der Waals surface area (Å²) in [7, 11) is 0. The van der Waals surface area contributed by atoms with Crippen molar-refractivity contribution < 1.29 is 4.79 Å². The molecule has 2 N–H and O–H groups in total. The van der Waals surface area contributed by atoms with Gasteiger partial charge in [0.2, 0.25) is 5.91 Å². The van der Waals surface area contributed by atoms with E-state index in [1.54, 1.807) is 0 Å². The van der Waals surface area contributed by atoms with E-state index in [2.05, 4.69) is 46.4 Å². The molecule has 3 atom stereocenters. The van der Waals surface area contributed by atoms with Crippen LogP contribution in [0.15, 0.2) is 0 Å². The minimum Gasteiger partial charge on any atom is -0.340 e. The van der Waals surface area contributed by atoms with Crippen molar-refractivity contribution in [2.45, 2.75) is 85.7 Å². The van der Waals surface area contributed by atoms with Gasteiger partial charge in [-0.15, -0.1) is 0 Å². The molecule has 3 heteroatoms. The Morgan fingerprint density at radius 3 is 2.43 bits per heavy atom. The van der Waals surface area contributed by atoms with Gasteiger partial charge in [-0.1, -0.05) is 40.5 Å². The highest BCUT2D eigenvalue weighted by molar-refractivity contribution is 5.80. The Morgan fingerprint density at radius 2 is 1.90 bits per heavy atom. The zero-order valence-electron chi connectivity index (χ0n) is 15.0. The van der Waals surface area contributed by atoms with Crippen molar-refractivity contribution in [2.24, 2.45) is 23.0 Å². The lowest BCUT2D eigenvalue weighted by molar-refractivity contribution is -0.145. The second kappa shape index (κ2) is 7.62. The molecule has 0 aromatic heterocycles. The average molecular weight is 296 g/mol. The Morgan fingerprint density at radius 1 is 1.29 bits per heavy atom. The fraction of sp³-hybridized carbons (Fsp3) is 0.944.